The number of urea groups is 1. The van der Waals surface area contributed by atoms with Crippen molar-refractivity contribution in [2.45, 2.75) is 6.54 Å². The van der Waals surface area contributed by atoms with Crippen molar-refractivity contribution in [2.24, 2.45) is 0 Å². The molecule has 0 saturated carbocycles. The van der Waals surface area contributed by atoms with E-state index in [1.54, 1.807) is 0 Å². The Morgan fingerprint density at radius 1 is 1.29 bits per heavy atom. The van der Waals surface area contributed by atoms with Crippen LogP contribution in [0.2, 0.25) is 5.02 Å². The second kappa shape index (κ2) is 6.93. The van der Waals surface area contributed by atoms with E-state index in [0.717, 1.165) is 8.66 Å². The molecule has 21 heavy (non-hydrogen) atoms. The number of rotatable bonds is 4. The van der Waals surface area contributed by atoms with Gasteiger partial charge in [0.05, 0.1) is 21.6 Å². The number of amides is 2. The lowest BCUT2D eigenvalue weighted by atomic mass is 10.2. The molecule has 2 amide bonds. The van der Waals surface area contributed by atoms with E-state index in [-0.39, 0.29) is 11.3 Å². The monoisotopic (exact) mass is 388 g/mol. The summed E-state index contributed by atoms with van der Waals surface area (Å²) in [4.78, 5) is 23.9. The zero-order valence-electron chi connectivity index (χ0n) is 10.5. The summed E-state index contributed by atoms with van der Waals surface area (Å²) in [6.45, 7) is 0.352. The van der Waals surface area contributed by atoms with E-state index < -0.39 is 12.0 Å². The normalized spacial score (nSPS) is 10.2. The molecule has 2 aromatic rings. The van der Waals surface area contributed by atoms with Gasteiger partial charge in [-0.25, -0.2) is 9.59 Å². The second-order valence-electron chi connectivity index (χ2n) is 4.01. The van der Waals surface area contributed by atoms with Gasteiger partial charge in [0.1, 0.15) is 0 Å². The number of carboxylic acids is 1. The zero-order valence-corrected chi connectivity index (χ0v) is 13.7. The number of hydrogen-bond donors (Lipinski definition) is 3. The molecule has 1 aromatic heterocycles. The van der Waals surface area contributed by atoms with Gasteiger partial charge < -0.3 is 15.7 Å². The van der Waals surface area contributed by atoms with Crippen LogP contribution in [0, 0.1) is 0 Å². The Kier molecular flexibility index (Phi) is 5.22. The van der Waals surface area contributed by atoms with E-state index in [1.165, 1.54) is 29.5 Å². The summed E-state index contributed by atoms with van der Waals surface area (Å²) in [5.74, 6) is -1.14. The van der Waals surface area contributed by atoms with Crippen LogP contribution in [0.5, 0.6) is 0 Å². The van der Waals surface area contributed by atoms with E-state index in [1.807, 2.05) is 12.1 Å². The van der Waals surface area contributed by atoms with Gasteiger partial charge >= 0.3 is 12.0 Å². The second-order valence-corrected chi connectivity index (χ2v) is 6.99. The van der Waals surface area contributed by atoms with Crippen LogP contribution < -0.4 is 10.6 Å². The molecule has 3 N–H and O–H groups in total. The third kappa shape index (κ3) is 4.45. The summed E-state index contributed by atoms with van der Waals surface area (Å²) in [6, 6.07) is 7.47. The Bertz CT molecular complexity index is 690. The highest BCUT2D eigenvalue weighted by Gasteiger charge is 2.13. The van der Waals surface area contributed by atoms with Crippen molar-refractivity contribution < 1.29 is 14.7 Å². The van der Waals surface area contributed by atoms with Crippen molar-refractivity contribution in [3.05, 3.63) is 49.6 Å². The fourth-order valence-corrected chi connectivity index (χ4v) is 3.18. The average molecular weight is 390 g/mol. The number of carbonyl (C=O) groups is 2. The fraction of sp³-hybridized carbons (Fsp3) is 0.0769. The minimum Gasteiger partial charge on any atom is -0.478 e. The van der Waals surface area contributed by atoms with Crippen LogP contribution in [0.3, 0.4) is 0 Å². The number of anilines is 1. The molecule has 110 valence electrons. The van der Waals surface area contributed by atoms with Gasteiger partial charge in [-0.15, -0.1) is 11.3 Å². The van der Waals surface area contributed by atoms with Gasteiger partial charge in [-0.1, -0.05) is 11.6 Å². The zero-order chi connectivity index (χ0) is 15.4. The predicted octanol–water partition coefficient (Wildman–Crippen LogP) is 4.18. The van der Waals surface area contributed by atoms with Gasteiger partial charge in [0.2, 0.25) is 0 Å². The molecule has 0 unspecified atom stereocenters. The topological polar surface area (TPSA) is 78.4 Å². The number of carboxylic acid groups (broad SMARTS) is 1. The number of nitrogens with one attached hydrogen (secondary N) is 2. The molecule has 0 aliphatic heterocycles. The van der Waals surface area contributed by atoms with E-state index in [2.05, 4.69) is 26.6 Å². The maximum absolute atomic E-state index is 11.8. The highest BCUT2D eigenvalue weighted by molar-refractivity contribution is 9.11. The molecule has 8 heteroatoms. The van der Waals surface area contributed by atoms with Crippen molar-refractivity contribution in [3.8, 4) is 0 Å². The fourth-order valence-electron chi connectivity index (χ4n) is 1.59. The first-order valence-corrected chi connectivity index (χ1v) is 7.76. The smallest absolute Gasteiger partial charge is 0.337 e. The van der Waals surface area contributed by atoms with Gasteiger partial charge in [-0.2, -0.15) is 0 Å². The summed E-state index contributed by atoms with van der Waals surface area (Å²) in [5, 5.41) is 14.5. The number of halogens is 2. The lowest BCUT2D eigenvalue weighted by Gasteiger charge is -2.09. The first-order chi connectivity index (χ1) is 9.95. The summed E-state index contributed by atoms with van der Waals surface area (Å²) in [7, 11) is 0. The van der Waals surface area contributed by atoms with E-state index >= 15 is 0 Å². The van der Waals surface area contributed by atoms with Crippen LogP contribution in [0.25, 0.3) is 0 Å². The predicted molar refractivity (Wildman–Crippen MR) is 86.3 cm³/mol. The van der Waals surface area contributed by atoms with E-state index in [9.17, 15) is 9.59 Å². The number of benzene rings is 1. The van der Waals surface area contributed by atoms with Crippen LogP contribution >= 0.6 is 38.9 Å². The van der Waals surface area contributed by atoms with Gasteiger partial charge in [0.15, 0.2) is 0 Å². The number of hydrogen-bond acceptors (Lipinski definition) is 3. The van der Waals surface area contributed by atoms with Crippen LogP contribution in [0.15, 0.2) is 34.1 Å². The van der Waals surface area contributed by atoms with Gasteiger partial charge in [-0.05, 0) is 46.3 Å². The van der Waals surface area contributed by atoms with Gasteiger partial charge in [0.25, 0.3) is 0 Å². The Hall–Kier alpha value is -1.57. The molecular formula is C13H10BrClN2O3S. The first-order valence-electron chi connectivity index (χ1n) is 5.77. The Morgan fingerprint density at radius 3 is 2.67 bits per heavy atom. The molecule has 2 rings (SSSR count). The van der Waals surface area contributed by atoms with E-state index in [0.29, 0.717) is 11.6 Å². The molecule has 0 radical (unpaired) electrons. The first kappa shape index (κ1) is 15.8. The third-order valence-corrected chi connectivity index (χ3v) is 4.37. The molecule has 0 spiro atoms. The molecule has 0 saturated heterocycles. The SMILES string of the molecule is O=C(NCc1ccc(Br)s1)Nc1cc(Cl)ccc1C(=O)O. The Balaban J connectivity index is 2.02. The Morgan fingerprint density at radius 2 is 2.05 bits per heavy atom. The standard InChI is InChI=1S/C13H10BrClN2O3S/c14-11-4-2-8(21-11)6-16-13(20)17-10-5-7(15)1-3-9(10)12(18)19/h1-5H,6H2,(H,18,19)(H2,16,17,20). The highest BCUT2D eigenvalue weighted by atomic mass is 79.9. The summed E-state index contributed by atoms with van der Waals surface area (Å²) in [5.41, 5.74) is 0.133. The molecule has 0 aliphatic rings. The summed E-state index contributed by atoms with van der Waals surface area (Å²) in [6.07, 6.45) is 0. The number of carbonyl (C=O) groups excluding carboxylic acids is 1. The summed E-state index contributed by atoms with van der Waals surface area (Å²) < 4.78 is 0.975. The van der Waals surface area contributed by atoms with Crippen molar-refractivity contribution >= 4 is 56.6 Å². The quantitative estimate of drug-likeness (QED) is 0.734. The molecule has 1 aromatic carbocycles. The molecule has 1 heterocycles. The molecule has 5 nitrogen and oxygen atoms in total. The van der Waals surface area contributed by atoms with Crippen LogP contribution in [0.4, 0.5) is 10.5 Å². The minimum absolute atomic E-state index is 0.0200. The lowest BCUT2D eigenvalue weighted by molar-refractivity contribution is 0.0698. The molecule has 0 atom stereocenters. The highest BCUT2D eigenvalue weighted by Crippen LogP contribution is 2.22. The number of aromatic carboxylic acids is 1. The van der Waals surface area contributed by atoms with Crippen molar-refractivity contribution in [1.29, 1.82) is 0 Å². The van der Waals surface area contributed by atoms with Crippen LogP contribution in [0.1, 0.15) is 15.2 Å². The summed E-state index contributed by atoms with van der Waals surface area (Å²) >= 11 is 10.7. The third-order valence-electron chi connectivity index (χ3n) is 2.51. The number of thiophene rings is 1. The molecular weight excluding hydrogens is 380 g/mol. The Labute approximate surface area is 138 Å². The minimum atomic E-state index is -1.14. The average Bonchev–Trinajstić information content (AvgIpc) is 2.82. The maximum atomic E-state index is 11.8. The van der Waals surface area contributed by atoms with Gasteiger partial charge in [-0.3, -0.25) is 0 Å². The maximum Gasteiger partial charge on any atom is 0.337 e. The van der Waals surface area contributed by atoms with Crippen LogP contribution in [-0.2, 0) is 6.54 Å². The molecule has 0 fully saturated rings. The lowest BCUT2D eigenvalue weighted by Crippen LogP contribution is -2.28. The largest absolute Gasteiger partial charge is 0.478 e. The van der Waals surface area contributed by atoms with Crippen molar-refractivity contribution in [3.63, 3.8) is 0 Å². The van der Waals surface area contributed by atoms with Crippen molar-refractivity contribution in [2.75, 3.05) is 5.32 Å². The van der Waals surface area contributed by atoms with Crippen molar-refractivity contribution in [1.82, 2.24) is 5.32 Å². The van der Waals surface area contributed by atoms with E-state index in [4.69, 9.17) is 16.7 Å². The van der Waals surface area contributed by atoms with Gasteiger partial charge in [0, 0.05) is 9.90 Å². The molecule has 0 aliphatic carbocycles. The molecule has 0 bridgehead atoms. The van der Waals surface area contributed by atoms with Crippen LogP contribution in [-0.4, -0.2) is 17.1 Å².